The van der Waals surface area contributed by atoms with E-state index in [2.05, 4.69) is 50.2 Å². The fraction of sp³-hybridized carbons (Fsp3) is 0.167. The summed E-state index contributed by atoms with van der Waals surface area (Å²) in [5, 5.41) is 12.5. The number of ether oxygens (including phenoxy) is 2. The van der Waals surface area contributed by atoms with Crippen molar-refractivity contribution in [2.45, 2.75) is 20.4 Å². The molecule has 0 aliphatic carbocycles. The van der Waals surface area contributed by atoms with Crippen molar-refractivity contribution in [1.29, 1.82) is 0 Å². The van der Waals surface area contributed by atoms with Crippen molar-refractivity contribution in [2.24, 2.45) is 5.92 Å². The highest BCUT2D eigenvalue weighted by molar-refractivity contribution is 5.97. The molecule has 0 unspecified atom stereocenters. The fourth-order valence-electron chi connectivity index (χ4n) is 4.65. The summed E-state index contributed by atoms with van der Waals surface area (Å²) in [6.07, 6.45) is -1.33. The number of hydrogen-bond donors (Lipinski definition) is 1. The lowest BCUT2D eigenvalue weighted by Crippen LogP contribution is -2.17. The molecule has 5 nitrogen and oxygen atoms in total. The van der Waals surface area contributed by atoms with Crippen LogP contribution in [0.25, 0.3) is 32.8 Å². The maximum atomic E-state index is 11.5. The third-order valence-electron chi connectivity index (χ3n) is 6.30. The summed E-state index contributed by atoms with van der Waals surface area (Å²) in [6.45, 7) is 5.20. The lowest BCUT2D eigenvalue weighted by Gasteiger charge is -2.17. The van der Waals surface area contributed by atoms with Gasteiger partial charge in [0.2, 0.25) is 5.88 Å². The molecule has 176 valence electrons. The first-order chi connectivity index (χ1) is 17.0. The molecule has 5 heteroatoms. The maximum Gasteiger partial charge on any atom is 0.512 e. The smallest absolute Gasteiger partial charge is 0.493 e. The summed E-state index contributed by atoms with van der Waals surface area (Å²) in [5.41, 5.74) is 4.25. The first-order valence-electron chi connectivity index (χ1n) is 11.7. The number of aromatic nitrogens is 1. The van der Waals surface area contributed by atoms with Crippen molar-refractivity contribution in [2.75, 3.05) is 6.61 Å². The quantitative estimate of drug-likeness (QED) is 0.252. The molecule has 0 aliphatic heterocycles. The Morgan fingerprint density at radius 1 is 0.886 bits per heavy atom. The van der Waals surface area contributed by atoms with Crippen molar-refractivity contribution in [1.82, 2.24) is 4.57 Å². The standard InChI is InChI=1S/C30H27NO4/c1-20(19-34-28-16-7-11-22-10-4-6-13-24(22)28)18-31-27-15-8-14-25(23-12-5-3-9-21(23)2)26(27)17-29(31)35-30(32)33/h3-17,20H,18-19H2,1-2H3,(H,32,33)/t20-/m0/s1. The predicted octanol–water partition coefficient (Wildman–Crippen LogP) is 7.54. The van der Waals surface area contributed by atoms with Gasteiger partial charge in [0.25, 0.3) is 0 Å². The Morgan fingerprint density at radius 3 is 2.43 bits per heavy atom. The van der Waals surface area contributed by atoms with Crippen LogP contribution in [-0.4, -0.2) is 22.4 Å². The lowest BCUT2D eigenvalue weighted by atomic mass is 9.98. The van der Waals surface area contributed by atoms with Crippen LogP contribution in [0.1, 0.15) is 12.5 Å². The molecule has 0 saturated carbocycles. The van der Waals surface area contributed by atoms with Crippen LogP contribution in [0.5, 0.6) is 11.6 Å². The van der Waals surface area contributed by atoms with Gasteiger partial charge in [0.05, 0.1) is 12.1 Å². The number of fused-ring (bicyclic) bond motifs is 2. The molecule has 0 amide bonds. The largest absolute Gasteiger partial charge is 0.512 e. The molecule has 0 radical (unpaired) electrons. The molecule has 5 rings (SSSR count). The SMILES string of the molecule is Cc1ccccc1-c1cccc2c1cc(OC(=O)O)n2C[C@H](C)COc1cccc2ccccc12. The third kappa shape index (κ3) is 4.58. The van der Waals surface area contributed by atoms with Crippen molar-refractivity contribution >= 4 is 27.8 Å². The van der Waals surface area contributed by atoms with Crippen molar-refractivity contribution in [3.63, 3.8) is 0 Å². The Kier molecular flexibility index (Phi) is 6.15. The van der Waals surface area contributed by atoms with Gasteiger partial charge in [-0.3, -0.25) is 0 Å². The van der Waals surface area contributed by atoms with E-state index in [1.165, 1.54) is 0 Å². The normalized spacial score (nSPS) is 12.1. The van der Waals surface area contributed by atoms with E-state index < -0.39 is 6.16 Å². The summed E-state index contributed by atoms with van der Waals surface area (Å²) in [4.78, 5) is 11.5. The predicted molar refractivity (Wildman–Crippen MR) is 139 cm³/mol. The van der Waals surface area contributed by atoms with Gasteiger partial charge in [-0.15, -0.1) is 0 Å². The van der Waals surface area contributed by atoms with E-state index in [1.807, 2.05) is 59.2 Å². The minimum Gasteiger partial charge on any atom is -0.493 e. The summed E-state index contributed by atoms with van der Waals surface area (Å²) >= 11 is 0. The fourth-order valence-corrected chi connectivity index (χ4v) is 4.65. The molecule has 0 spiro atoms. The van der Waals surface area contributed by atoms with Crippen LogP contribution in [-0.2, 0) is 6.54 Å². The Balaban J connectivity index is 1.46. The zero-order chi connectivity index (χ0) is 24.4. The second-order valence-electron chi connectivity index (χ2n) is 8.91. The third-order valence-corrected chi connectivity index (χ3v) is 6.30. The zero-order valence-electron chi connectivity index (χ0n) is 19.8. The number of benzene rings is 4. The molecule has 0 aliphatic rings. The molecule has 5 aromatic rings. The van der Waals surface area contributed by atoms with E-state index in [9.17, 15) is 9.90 Å². The molecule has 35 heavy (non-hydrogen) atoms. The van der Waals surface area contributed by atoms with E-state index in [0.29, 0.717) is 19.0 Å². The molecule has 0 saturated heterocycles. The van der Waals surface area contributed by atoms with Crippen LogP contribution in [0.15, 0.2) is 91.0 Å². The second-order valence-corrected chi connectivity index (χ2v) is 8.91. The minimum atomic E-state index is -1.33. The Bertz CT molecular complexity index is 1510. The molecule has 0 bridgehead atoms. The van der Waals surface area contributed by atoms with Gasteiger partial charge < -0.3 is 19.1 Å². The van der Waals surface area contributed by atoms with Crippen molar-refractivity contribution < 1.29 is 19.4 Å². The summed E-state index contributed by atoms with van der Waals surface area (Å²) in [7, 11) is 0. The van der Waals surface area contributed by atoms with Gasteiger partial charge >= 0.3 is 6.16 Å². The average molecular weight is 466 g/mol. The number of rotatable bonds is 7. The summed E-state index contributed by atoms with van der Waals surface area (Å²) in [5.74, 6) is 1.25. The molecule has 1 atom stereocenters. The van der Waals surface area contributed by atoms with E-state index >= 15 is 0 Å². The van der Waals surface area contributed by atoms with Gasteiger partial charge in [0, 0.05) is 29.3 Å². The Labute approximate surface area is 204 Å². The van der Waals surface area contributed by atoms with Crippen molar-refractivity contribution in [3.05, 3.63) is 96.6 Å². The highest BCUT2D eigenvalue weighted by atomic mass is 16.7. The topological polar surface area (TPSA) is 60.7 Å². The van der Waals surface area contributed by atoms with Gasteiger partial charge in [-0.1, -0.05) is 79.7 Å². The number of nitrogens with zero attached hydrogens (tertiary/aromatic N) is 1. The van der Waals surface area contributed by atoms with E-state index in [4.69, 9.17) is 9.47 Å². The van der Waals surface area contributed by atoms with Gasteiger partial charge in [0.1, 0.15) is 5.75 Å². The van der Waals surface area contributed by atoms with Crippen LogP contribution >= 0.6 is 0 Å². The average Bonchev–Trinajstić information content (AvgIpc) is 3.19. The molecule has 4 aromatic carbocycles. The number of carbonyl (C=O) groups is 1. The Hall–Kier alpha value is -4.25. The second kappa shape index (κ2) is 9.55. The number of aryl methyl sites for hydroxylation is 1. The van der Waals surface area contributed by atoms with Crippen LogP contribution in [0, 0.1) is 12.8 Å². The lowest BCUT2D eigenvalue weighted by molar-refractivity contribution is 0.139. The van der Waals surface area contributed by atoms with Gasteiger partial charge in [-0.25, -0.2) is 4.79 Å². The molecule has 1 aromatic heterocycles. The molecule has 0 fully saturated rings. The van der Waals surface area contributed by atoms with Crippen LogP contribution in [0.2, 0.25) is 0 Å². The van der Waals surface area contributed by atoms with Crippen LogP contribution in [0.4, 0.5) is 4.79 Å². The summed E-state index contributed by atoms with van der Waals surface area (Å²) < 4.78 is 13.3. The monoisotopic (exact) mass is 465 g/mol. The number of carboxylic acid groups (broad SMARTS) is 1. The highest BCUT2D eigenvalue weighted by Crippen LogP contribution is 2.36. The van der Waals surface area contributed by atoms with E-state index in [1.54, 1.807) is 0 Å². The molecule has 1 N–H and O–H groups in total. The highest BCUT2D eigenvalue weighted by Gasteiger charge is 2.19. The minimum absolute atomic E-state index is 0.0998. The molecular weight excluding hydrogens is 438 g/mol. The molecular formula is C30H27NO4. The van der Waals surface area contributed by atoms with E-state index in [0.717, 1.165) is 44.1 Å². The van der Waals surface area contributed by atoms with Crippen LogP contribution < -0.4 is 9.47 Å². The van der Waals surface area contributed by atoms with Crippen LogP contribution in [0.3, 0.4) is 0 Å². The number of hydrogen-bond acceptors (Lipinski definition) is 3. The van der Waals surface area contributed by atoms with Gasteiger partial charge in [0.15, 0.2) is 0 Å². The zero-order valence-corrected chi connectivity index (χ0v) is 19.8. The van der Waals surface area contributed by atoms with E-state index in [-0.39, 0.29) is 5.92 Å². The molecule has 1 heterocycles. The first-order valence-corrected chi connectivity index (χ1v) is 11.7. The first kappa shape index (κ1) is 22.5. The Morgan fingerprint density at radius 2 is 1.60 bits per heavy atom. The van der Waals surface area contributed by atoms with Gasteiger partial charge in [-0.05, 0) is 41.1 Å². The van der Waals surface area contributed by atoms with Crippen molar-refractivity contribution in [3.8, 4) is 22.8 Å². The summed E-state index contributed by atoms with van der Waals surface area (Å²) in [6, 6.07) is 30.3. The van der Waals surface area contributed by atoms with Gasteiger partial charge in [-0.2, -0.15) is 0 Å². The maximum absolute atomic E-state index is 11.5.